The van der Waals surface area contributed by atoms with Crippen molar-refractivity contribution in [3.63, 3.8) is 0 Å². The van der Waals surface area contributed by atoms with Crippen molar-refractivity contribution in [2.24, 2.45) is 0 Å². The fraction of sp³-hybridized carbons (Fsp3) is 0.350. The highest BCUT2D eigenvalue weighted by Gasteiger charge is 2.18. The number of aryl methyl sites for hydroxylation is 2. The molecule has 0 saturated carbocycles. The Hall–Kier alpha value is -3.29. The van der Waals surface area contributed by atoms with Crippen molar-refractivity contribution in [3.8, 4) is 5.88 Å². The molecule has 0 atom stereocenters. The monoisotopic (exact) mass is 383 g/mol. The van der Waals surface area contributed by atoms with Crippen LogP contribution in [0, 0.1) is 0 Å². The van der Waals surface area contributed by atoms with Gasteiger partial charge < -0.3 is 26.3 Å². The Morgan fingerprint density at radius 2 is 1.82 bits per heavy atom. The summed E-state index contributed by atoms with van der Waals surface area (Å²) in [4.78, 5) is 22.9. The molecule has 8 nitrogen and oxygen atoms in total. The number of aromatic nitrogens is 3. The molecule has 0 aliphatic heterocycles. The topological polar surface area (TPSA) is 140 Å². The van der Waals surface area contributed by atoms with E-state index in [9.17, 15) is 9.90 Å². The number of H-pyrrole nitrogens is 1. The van der Waals surface area contributed by atoms with E-state index in [2.05, 4.69) is 15.0 Å². The van der Waals surface area contributed by atoms with Crippen LogP contribution in [0.4, 0.5) is 11.8 Å². The van der Waals surface area contributed by atoms with Gasteiger partial charge in [-0.3, -0.25) is 0 Å². The number of hydrogen-bond donors (Lipinski definition) is 4. The summed E-state index contributed by atoms with van der Waals surface area (Å²) < 4.78 is 5.36. The van der Waals surface area contributed by atoms with Crippen LogP contribution in [0.1, 0.15) is 48.7 Å². The number of rotatable bonds is 5. The molecule has 0 amide bonds. The Kier molecular flexibility index (Phi) is 5.13. The van der Waals surface area contributed by atoms with Crippen LogP contribution < -0.4 is 11.5 Å². The molecular weight excluding hydrogens is 358 g/mol. The molecule has 148 valence electrons. The summed E-state index contributed by atoms with van der Waals surface area (Å²) in [5, 5.41) is 10.8. The Balaban J connectivity index is 1.65. The predicted octanol–water partition coefficient (Wildman–Crippen LogP) is 2.96. The Morgan fingerprint density at radius 1 is 1.14 bits per heavy atom. The summed E-state index contributed by atoms with van der Waals surface area (Å²) in [5.41, 5.74) is 13.7. The van der Waals surface area contributed by atoms with Crippen molar-refractivity contribution < 1.29 is 14.6 Å². The summed E-state index contributed by atoms with van der Waals surface area (Å²) in [6, 6.07) is 7.35. The van der Waals surface area contributed by atoms with Gasteiger partial charge in [-0.2, -0.15) is 9.97 Å². The van der Waals surface area contributed by atoms with E-state index in [4.69, 9.17) is 16.2 Å². The molecule has 2 aromatic heterocycles. The quantitative estimate of drug-likeness (QED) is 0.496. The van der Waals surface area contributed by atoms with E-state index in [1.165, 1.54) is 0 Å². The summed E-state index contributed by atoms with van der Waals surface area (Å²) in [7, 11) is 0. The molecule has 0 aliphatic carbocycles. The largest absolute Gasteiger partial charge is 0.494 e. The number of carbonyl (C=O) groups is 1. The van der Waals surface area contributed by atoms with Gasteiger partial charge in [0.05, 0.1) is 10.9 Å². The zero-order valence-electron chi connectivity index (χ0n) is 16.2. The number of aromatic amines is 1. The standard InChI is InChI=1S/C20H25N5O3/c1-20(2,3)28-18(27)12-9-7-11(8-10-12)5-4-6-13-14-15(21)23-19(22)25-16(14)24-17(13)26/h7-10,26H,4-6H2,1-3H3,(H5,21,22,23,24,25). The van der Waals surface area contributed by atoms with Crippen LogP contribution in [-0.2, 0) is 17.6 Å². The Morgan fingerprint density at radius 3 is 2.46 bits per heavy atom. The lowest BCUT2D eigenvalue weighted by Crippen LogP contribution is -2.23. The van der Waals surface area contributed by atoms with Crippen molar-refractivity contribution in [3.05, 3.63) is 41.0 Å². The molecule has 0 saturated heterocycles. The van der Waals surface area contributed by atoms with Gasteiger partial charge >= 0.3 is 5.97 Å². The minimum atomic E-state index is -0.521. The molecule has 3 aromatic rings. The van der Waals surface area contributed by atoms with Crippen molar-refractivity contribution in [1.29, 1.82) is 0 Å². The Labute approximate surface area is 162 Å². The van der Waals surface area contributed by atoms with E-state index in [0.29, 0.717) is 28.6 Å². The van der Waals surface area contributed by atoms with Crippen LogP contribution in [0.5, 0.6) is 5.88 Å². The van der Waals surface area contributed by atoms with E-state index in [0.717, 1.165) is 18.4 Å². The first-order valence-corrected chi connectivity index (χ1v) is 9.09. The number of benzene rings is 1. The molecule has 0 spiro atoms. The lowest BCUT2D eigenvalue weighted by molar-refractivity contribution is 0.00695. The maximum Gasteiger partial charge on any atom is 0.338 e. The third kappa shape index (κ3) is 4.33. The predicted molar refractivity (Wildman–Crippen MR) is 108 cm³/mol. The number of anilines is 2. The molecule has 0 radical (unpaired) electrons. The van der Waals surface area contributed by atoms with E-state index < -0.39 is 5.60 Å². The Bertz CT molecular complexity index is 1000. The van der Waals surface area contributed by atoms with Gasteiger partial charge in [-0.1, -0.05) is 12.1 Å². The second-order valence-electron chi connectivity index (χ2n) is 7.70. The van der Waals surface area contributed by atoms with Crippen LogP contribution in [0.25, 0.3) is 11.0 Å². The first-order valence-electron chi connectivity index (χ1n) is 9.09. The maximum atomic E-state index is 12.1. The van der Waals surface area contributed by atoms with Crippen molar-refractivity contribution in [2.75, 3.05) is 11.5 Å². The zero-order valence-corrected chi connectivity index (χ0v) is 16.2. The van der Waals surface area contributed by atoms with Crippen molar-refractivity contribution in [2.45, 2.75) is 45.6 Å². The highest BCUT2D eigenvalue weighted by molar-refractivity contribution is 5.92. The van der Waals surface area contributed by atoms with Gasteiger partial charge in [0.15, 0.2) is 5.88 Å². The minimum Gasteiger partial charge on any atom is -0.494 e. The number of ether oxygens (including phenoxy) is 1. The van der Waals surface area contributed by atoms with Gasteiger partial charge in [0.2, 0.25) is 5.95 Å². The van der Waals surface area contributed by atoms with Gasteiger partial charge in [0, 0.05) is 5.56 Å². The number of hydrogen-bond acceptors (Lipinski definition) is 7. The highest BCUT2D eigenvalue weighted by atomic mass is 16.6. The lowest BCUT2D eigenvalue weighted by atomic mass is 10.0. The van der Waals surface area contributed by atoms with Crippen LogP contribution >= 0.6 is 0 Å². The van der Waals surface area contributed by atoms with Gasteiger partial charge in [-0.15, -0.1) is 0 Å². The summed E-state index contributed by atoms with van der Waals surface area (Å²) >= 11 is 0. The van der Waals surface area contributed by atoms with E-state index in [-0.39, 0.29) is 23.6 Å². The molecule has 2 heterocycles. The second-order valence-corrected chi connectivity index (χ2v) is 7.70. The van der Waals surface area contributed by atoms with Crippen molar-refractivity contribution >= 4 is 28.8 Å². The molecule has 0 aliphatic rings. The molecule has 3 rings (SSSR count). The first kappa shape index (κ1) is 19.5. The number of aromatic hydroxyl groups is 1. The SMILES string of the molecule is CC(C)(C)OC(=O)c1ccc(CCCc2c(O)[nH]c3nc(N)nc(N)c23)cc1. The molecule has 8 heteroatoms. The van der Waals surface area contributed by atoms with Crippen LogP contribution in [0.3, 0.4) is 0 Å². The number of nitrogens with zero attached hydrogens (tertiary/aromatic N) is 2. The minimum absolute atomic E-state index is 0.0295. The average molecular weight is 383 g/mol. The zero-order chi connectivity index (χ0) is 20.5. The van der Waals surface area contributed by atoms with Gasteiger partial charge in [0.25, 0.3) is 0 Å². The van der Waals surface area contributed by atoms with Crippen LogP contribution in [0.15, 0.2) is 24.3 Å². The number of nitrogens with two attached hydrogens (primary N) is 2. The third-order valence-electron chi connectivity index (χ3n) is 4.26. The third-order valence-corrected chi connectivity index (χ3v) is 4.26. The molecule has 28 heavy (non-hydrogen) atoms. The number of carbonyl (C=O) groups excluding carboxylic acids is 1. The number of nitrogen functional groups attached to an aromatic ring is 2. The smallest absolute Gasteiger partial charge is 0.338 e. The second kappa shape index (κ2) is 7.38. The average Bonchev–Trinajstić information content (AvgIpc) is 2.89. The van der Waals surface area contributed by atoms with Crippen LogP contribution in [-0.4, -0.2) is 31.6 Å². The van der Waals surface area contributed by atoms with Gasteiger partial charge in [-0.05, 0) is 57.7 Å². The number of nitrogens with one attached hydrogen (secondary N) is 1. The summed E-state index contributed by atoms with van der Waals surface area (Å²) in [6.45, 7) is 5.52. The van der Waals surface area contributed by atoms with E-state index in [1.54, 1.807) is 12.1 Å². The molecule has 0 bridgehead atoms. The van der Waals surface area contributed by atoms with Crippen molar-refractivity contribution in [1.82, 2.24) is 15.0 Å². The molecule has 0 unspecified atom stereocenters. The molecule has 6 N–H and O–H groups in total. The lowest BCUT2D eigenvalue weighted by Gasteiger charge is -2.19. The molecule has 0 fully saturated rings. The fourth-order valence-electron chi connectivity index (χ4n) is 3.05. The van der Waals surface area contributed by atoms with E-state index in [1.807, 2.05) is 32.9 Å². The molecule has 1 aromatic carbocycles. The summed E-state index contributed by atoms with van der Waals surface area (Å²) in [6.07, 6.45) is 2.14. The van der Waals surface area contributed by atoms with Crippen LogP contribution in [0.2, 0.25) is 0 Å². The van der Waals surface area contributed by atoms with E-state index >= 15 is 0 Å². The first-order chi connectivity index (χ1) is 13.1. The highest BCUT2D eigenvalue weighted by Crippen LogP contribution is 2.31. The number of fused-ring (bicyclic) bond motifs is 1. The molecular formula is C20H25N5O3. The number of esters is 1. The van der Waals surface area contributed by atoms with Gasteiger partial charge in [0.1, 0.15) is 17.1 Å². The normalized spacial score (nSPS) is 11.7. The summed E-state index contributed by atoms with van der Waals surface area (Å²) in [5.74, 6) is -0.00183. The van der Waals surface area contributed by atoms with Gasteiger partial charge in [-0.25, -0.2) is 4.79 Å². The fourth-order valence-corrected chi connectivity index (χ4v) is 3.05. The maximum absolute atomic E-state index is 12.1.